The molecule has 4 heteroatoms. The number of nitrogens with zero attached hydrogens (tertiary/aromatic N) is 1. The van der Waals surface area contributed by atoms with Gasteiger partial charge in [-0.1, -0.05) is 23.8 Å². The third-order valence-corrected chi connectivity index (χ3v) is 4.25. The van der Waals surface area contributed by atoms with Crippen molar-refractivity contribution in [3.8, 4) is 0 Å². The maximum Gasteiger partial charge on any atom is 0.255 e. The predicted octanol–water partition coefficient (Wildman–Crippen LogP) is 3.46. The zero-order valence-electron chi connectivity index (χ0n) is 13.6. The van der Waals surface area contributed by atoms with Crippen LogP contribution in [0.4, 0.5) is 11.4 Å². The van der Waals surface area contributed by atoms with Crippen LogP contribution in [-0.4, -0.2) is 18.4 Å². The molecule has 23 heavy (non-hydrogen) atoms. The summed E-state index contributed by atoms with van der Waals surface area (Å²) in [4.78, 5) is 25.9. The second-order valence-corrected chi connectivity index (χ2v) is 6.04. The Labute approximate surface area is 136 Å². The third kappa shape index (κ3) is 2.97. The van der Waals surface area contributed by atoms with E-state index in [1.807, 2.05) is 50.2 Å². The average Bonchev–Trinajstić information content (AvgIpc) is 2.90. The van der Waals surface area contributed by atoms with Crippen molar-refractivity contribution in [2.75, 3.05) is 16.8 Å². The smallest absolute Gasteiger partial charge is 0.255 e. The molecule has 1 aliphatic rings. The van der Waals surface area contributed by atoms with Gasteiger partial charge in [-0.2, -0.15) is 0 Å². The minimum atomic E-state index is -0.130. The number of hydrogen-bond donors (Lipinski definition) is 1. The van der Waals surface area contributed by atoms with Gasteiger partial charge in [0.05, 0.1) is 0 Å². The van der Waals surface area contributed by atoms with E-state index in [1.165, 1.54) is 0 Å². The van der Waals surface area contributed by atoms with Crippen LogP contribution in [0.3, 0.4) is 0 Å². The van der Waals surface area contributed by atoms with Gasteiger partial charge in [-0.15, -0.1) is 0 Å². The van der Waals surface area contributed by atoms with E-state index in [2.05, 4.69) is 5.32 Å². The zero-order valence-corrected chi connectivity index (χ0v) is 13.6. The van der Waals surface area contributed by atoms with Crippen molar-refractivity contribution in [2.24, 2.45) is 0 Å². The van der Waals surface area contributed by atoms with E-state index in [0.717, 1.165) is 28.8 Å². The highest BCUT2D eigenvalue weighted by atomic mass is 16.2. The van der Waals surface area contributed by atoms with E-state index in [1.54, 1.807) is 11.8 Å². The number of nitrogens with one attached hydrogen (secondary N) is 1. The fraction of sp³-hybridized carbons (Fsp3) is 0.263. The highest BCUT2D eigenvalue weighted by Crippen LogP contribution is 2.31. The van der Waals surface area contributed by atoms with Crippen LogP contribution < -0.4 is 10.2 Å². The van der Waals surface area contributed by atoms with E-state index >= 15 is 0 Å². The molecule has 0 radical (unpaired) electrons. The van der Waals surface area contributed by atoms with E-state index < -0.39 is 0 Å². The summed E-state index contributed by atoms with van der Waals surface area (Å²) in [5.74, 6) is -0.101. The number of anilines is 2. The molecular weight excluding hydrogens is 288 g/mol. The molecule has 0 unspecified atom stereocenters. The second-order valence-electron chi connectivity index (χ2n) is 6.04. The molecule has 2 aromatic carbocycles. The number of aryl methyl sites for hydroxylation is 2. The van der Waals surface area contributed by atoms with Crippen molar-refractivity contribution >= 4 is 23.2 Å². The molecule has 2 aromatic rings. The Bertz CT molecular complexity index is 796. The first-order valence-electron chi connectivity index (χ1n) is 7.75. The van der Waals surface area contributed by atoms with Crippen LogP contribution in [0, 0.1) is 13.8 Å². The summed E-state index contributed by atoms with van der Waals surface area (Å²) < 4.78 is 0. The van der Waals surface area contributed by atoms with Crippen LogP contribution >= 0.6 is 0 Å². The molecule has 1 aliphatic heterocycles. The standard InChI is InChI=1S/C19H20N2O2/c1-12-4-7-17(13(2)10-12)19(23)20-16-6-5-15-8-9-21(14(3)22)18(15)11-16/h4-7,10-11H,8-9H2,1-3H3,(H,20,23). The Morgan fingerprint density at radius 1 is 1.09 bits per heavy atom. The normalized spacial score (nSPS) is 12.9. The van der Waals surface area contributed by atoms with E-state index in [0.29, 0.717) is 17.8 Å². The van der Waals surface area contributed by atoms with Gasteiger partial charge < -0.3 is 10.2 Å². The van der Waals surface area contributed by atoms with Crippen LogP contribution in [0.15, 0.2) is 36.4 Å². The molecular formula is C19H20N2O2. The summed E-state index contributed by atoms with van der Waals surface area (Å²) in [5, 5.41) is 2.93. The van der Waals surface area contributed by atoms with Crippen molar-refractivity contribution in [3.05, 3.63) is 58.7 Å². The van der Waals surface area contributed by atoms with E-state index in [4.69, 9.17) is 0 Å². The van der Waals surface area contributed by atoms with E-state index in [-0.39, 0.29) is 11.8 Å². The molecule has 0 fully saturated rings. The lowest BCUT2D eigenvalue weighted by molar-refractivity contribution is -0.116. The Hall–Kier alpha value is -2.62. The molecule has 0 bridgehead atoms. The largest absolute Gasteiger partial charge is 0.322 e. The van der Waals surface area contributed by atoms with Gasteiger partial charge >= 0.3 is 0 Å². The molecule has 0 saturated heterocycles. The number of benzene rings is 2. The summed E-state index contributed by atoms with van der Waals surface area (Å²) in [5.41, 5.74) is 5.50. The lowest BCUT2D eigenvalue weighted by atomic mass is 10.0. The lowest BCUT2D eigenvalue weighted by Crippen LogP contribution is -2.25. The van der Waals surface area contributed by atoms with Crippen molar-refractivity contribution in [2.45, 2.75) is 27.2 Å². The first-order chi connectivity index (χ1) is 11.0. The summed E-state index contributed by atoms with van der Waals surface area (Å²) >= 11 is 0. The molecule has 0 aromatic heterocycles. The van der Waals surface area contributed by atoms with Gasteiger partial charge in [-0.05, 0) is 49.6 Å². The molecule has 0 aliphatic carbocycles. The minimum absolute atomic E-state index is 0.0293. The average molecular weight is 308 g/mol. The van der Waals surface area contributed by atoms with Crippen LogP contribution in [0.25, 0.3) is 0 Å². The predicted molar refractivity (Wildman–Crippen MR) is 92.0 cm³/mol. The summed E-state index contributed by atoms with van der Waals surface area (Å²) in [6.45, 7) is 6.21. The van der Waals surface area contributed by atoms with E-state index in [9.17, 15) is 9.59 Å². The van der Waals surface area contributed by atoms with Gasteiger partial charge in [-0.3, -0.25) is 9.59 Å². The summed E-state index contributed by atoms with van der Waals surface area (Å²) in [7, 11) is 0. The van der Waals surface area contributed by atoms with Gasteiger partial charge in [0.2, 0.25) is 5.91 Å². The lowest BCUT2D eigenvalue weighted by Gasteiger charge is -2.16. The molecule has 118 valence electrons. The first kappa shape index (κ1) is 15.3. The molecule has 0 saturated carbocycles. The van der Waals surface area contributed by atoms with Gasteiger partial charge in [0, 0.05) is 30.4 Å². The van der Waals surface area contributed by atoms with Gasteiger partial charge in [0.15, 0.2) is 0 Å². The number of rotatable bonds is 2. The highest BCUT2D eigenvalue weighted by Gasteiger charge is 2.22. The molecule has 4 nitrogen and oxygen atoms in total. The van der Waals surface area contributed by atoms with Crippen molar-refractivity contribution in [3.63, 3.8) is 0 Å². The number of fused-ring (bicyclic) bond motifs is 1. The fourth-order valence-corrected chi connectivity index (χ4v) is 3.05. The maximum atomic E-state index is 12.5. The summed E-state index contributed by atoms with van der Waals surface area (Å²) in [6.07, 6.45) is 0.861. The molecule has 0 atom stereocenters. The molecule has 0 spiro atoms. The first-order valence-corrected chi connectivity index (χ1v) is 7.75. The SMILES string of the molecule is CC(=O)N1CCc2ccc(NC(=O)c3ccc(C)cc3C)cc21. The van der Waals surface area contributed by atoms with Gasteiger partial charge in [0.1, 0.15) is 0 Å². The fourth-order valence-electron chi connectivity index (χ4n) is 3.05. The number of hydrogen-bond acceptors (Lipinski definition) is 2. The zero-order chi connectivity index (χ0) is 16.6. The third-order valence-electron chi connectivity index (χ3n) is 4.25. The quantitative estimate of drug-likeness (QED) is 0.923. The van der Waals surface area contributed by atoms with Crippen molar-refractivity contribution in [1.29, 1.82) is 0 Å². The van der Waals surface area contributed by atoms with Crippen LogP contribution in [0.1, 0.15) is 34.0 Å². The Morgan fingerprint density at radius 3 is 2.57 bits per heavy atom. The van der Waals surface area contributed by atoms with Crippen LogP contribution in [0.2, 0.25) is 0 Å². The van der Waals surface area contributed by atoms with Crippen LogP contribution in [0.5, 0.6) is 0 Å². The number of amides is 2. The Balaban J connectivity index is 1.85. The highest BCUT2D eigenvalue weighted by molar-refractivity contribution is 6.06. The second kappa shape index (κ2) is 5.88. The number of carbonyl (C=O) groups excluding carboxylic acids is 2. The number of carbonyl (C=O) groups is 2. The molecule has 2 amide bonds. The maximum absolute atomic E-state index is 12.5. The molecule has 3 rings (SSSR count). The molecule has 1 heterocycles. The topological polar surface area (TPSA) is 49.4 Å². The van der Waals surface area contributed by atoms with Crippen LogP contribution in [-0.2, 0) is 11.2 Å². The van der Waals surface area contributed by atoms with Gasteiger partial charge in [0.25, 0.3) is 5.91 Å². The minimum Gasteiger partial charge on any atom is -0.322 e. The Kier molecular flexibility index (Phi) is 3.90. The summed E-state index contributed by atoms with van der Waals surface area (Å²) in [6, 6.07) is 11.5. The van der Waals surface area contributed by atoms with Gasteiger partial charge in [-0.25, -0.2) is 0 Å². The van der Waals surface area contributed by atoms with Crippen molar-refractivity contribution in [1.82, 2.24) is 0 Å². The Morgan fingerprint density at radius 2 is 1.87 bits per heavy atom. The monoisotopic (exact) mass is 308 g/mol. The van der Waals surface area contributed by atoms with Crippen molar-refractivity contribution < 1.29 is 9.59 Å². The molecule has 1 N–H and O–H groups in total.